The van der Waals surface area contributed by atoms with Crippen molar-refractivity contribution in [2.24, 2.45) is 11.8 Å². The van der Waals surface area contributed by atoms with E-state index in [1.54, 1.807) is 0 Å². The SMILES string of the molecule is CCC(C)[C@@H](OC(C)=O)C(C)C. The van der Waals surface area contributed by atoms with Crippen LogP contribution in [0, 0.1) is 11.8 Å². The van der Waals surface area contributed by atoms with Gasteiger partial charge in [-0.2, -0.15) is 0 Å². The van der Waals surface area contributed by atoms with Crippen molar-refractivity contribution in [2.45, 2.75) is 47.1 Å². The Balaban J connectivity index is 4.12. The first-order valence-corrected chi connectivity index (χ1v) is 4.66. The molecule has 0 heterocycles. The van der Waals surface area contributed by atoms with Crippen molar-refractivity contribution in [3.63, 3.8) is 0 Å². The molecule has 0 N–H and O–H groups in total. The average Bonchev–Trinajstić information content (AvgIpc) is 1.98. The minimum Gasteiger partial charge on any atom is -0.462 e. The van der Waals surface area contributed by atoms with Crippen molar-refractivity contribution in [3.8, 4) is 0 Å². The quantitative estimate of drug-likeness (QED) is 0.609. The van der Waals surface area contributed by atoms with E-state index in [4.69, 9.17) is 4.74 Å². The minimum absolute atomic E-state index is 0.0764. The van der Waals surface area contributed by atoms with E-state index in [2.05, 4.69) is 27.7 Å². The van der Waals surface area contributed by atoms with E-state index in [9.17, 15) is 4.79 Å². The second-order valence-corrected chi connectivity index (χ2v) is 3.70. The third-order valence-electron chi connectivity index (χ3n) is 2.16. The first kappa shape index (κ1) is 11.5. The van der Waals surface area contributed by atoms with Crippen molar-refractivity contribution >= 4 is 5.97 Å². The van der Waals surface area contributed by atoms with Gasteiger partial charge in [-0.25, -0.2) is 0 Å². The number of hydrogen-bond acceptors (Lipinski definition) is 2. The summed E-state index contributed by atoms with van der Waals surface area (Å²) in [5.41, 5.74) is 0. The summed E-state index contributed by atoms with van der Waals surface area (Å²) in [5.74, 6) is 0.687. The summed E-state index contributed by atoms with van der Waals surface area (Å²) in [5, 5.41) is 0. The van der Waals surface area contributed by atoms with Crippen LogP contribution in [-0.4, -0.2) is 12.1 Å². The molecule has 12 heavy (non-hydrogen) atoms. The van der Waals surface area contributed by atoms with Gasteiger partial charge < -0.3 is 4.74 Å². The zero-order valence-corrected chi connectivity index (χ0v) is 8.76. The summed E-state index contributed by atoms with van der Waals surface area (Å²) in [6.45, 7) is 9.87. The van der Waals surface area contributed by atoms with Crippen LogP contribution in [0.25, 0.3) is 0 Å². The molecule has 2 atom stereocenters. The van der Waals surface area contributed by atoms with Crippen LogP contribution in [0.1, 0.15) is 41.0 Å². The summed E-state index contributed by atoms with van der Waals surface area (Å²) >= 11 is 0. The number of esters is 1. The van der Waals surface area contributed by atoms with Crippen molar-refractivity contribution < 1.29 is 9.53 Å². The Labute approximate surface area is 75.3 Å². The maximum absolute atomic E-state index is 10.8. The zero-order valence-electron chi connectivity index (χ0n) is 8.76. The normalized spacial score (nSPS) is 15.8. The molecule has 0 aliphatic heterocycles. The molecule has 0 bridgehead atoms. The molecule has 0 amide bonds. The number of rotatable bonds is 4. The summed E-state index contributed by atoms with van der Waals surface area (Å²) in [6, 6.07) is 0. The lowest BCUT2D eigenvalue weighted by Crippen LogP contribution is -2.29. The lowest BCUT2D eigenvalue weighted by Gasteiger charge is -2.25. The van der Waals surface area contributed by atoms with Crippen LogP contribution in [0.2, 0.25) is 0 Å². The zero-order chi connectivity index (χ0) is 9.72. The molecular formula is C10H20O2. The van der Waals surface area contributed by atoms with Gasteiger partial charge in [0.2, 0.25) is 0 Å². The average molecular weight is 172 g/mol. The summed E-state index contributed by atoms with van der Waals surface area (Å²) in [7, 11) is 0. The van der Waals surface area contributed by atoms with E-state index >= 15 is 0 Å². The van der Waals surface area contributed by atoms with Crippen molar-refractivity contribution in [3.05, 3.63) is 0 Å². The maximum Gasteiger partial charge on any atom is 0.302 e. The second kappa shape index (κ2) is 5.18. The predicted molar refractivity (Wildman–Crippen MR) is 49.8 cm³/mol. The molecule has 0 aliphatic rings. The monoisotopic (exact) mass is 172 g/mol. The molecule has 0 aromatic heterocycles. The third kappa shape index (κ3) is 3.74. The third-order valence-corrected chi connectivity index (χ3v) is 2.16. The summed E-state index contributed by atoms with van der Waals surface area (Å²) in [6.07, 6.45) is 1.13. The van der Waals surface area contributed by atoms with Crippen molar-refractivity contribution in [1.82, 2.24) is 0 Å². The fraction of sp³-hybridized carbons (Fsp3) is 0.900. The molecule has 0 aliphatic carbocycles. The van der Waals surface area contributed by atoms with E-state index in [1.165, 1.54) is 6.92 Å². The van der Waals surface area contributed by atoms with Gasteiger partial charge in [0.15, 0.2) is 0 Å². The van der Waals surface area contributed by atoms with E-state index in [1.807, 2.05) is 0 Å². The molecule has 0 fully saturated rings. The first-order valence-electron chi connectivity index (χ1n) is 4.66. The molecule has 1 unspecified atom stereocenters. The van der Waals surface area contributed by atoms with Crippen LogP contribution in [-0.2, 0) is 9.53 Å². The predicted octanol–water partition coefficient (Wildman–Crippen LogP) is 2.62. The van der Waals surface area contributed by atoms with Gasteiger partial charge in [0, 0.05) is 6.92 Å². The Morgan fingerprint density at radius 3 is 2.08 bits per heavy atom. The molecule has 72 valence electrons. The van der Waals surface area contributed by atoms with E-state index in [-0.39, 0.29) is 12.1 Å². The molecular weight excluding hydrogens is 152 g/mol. The van der Waals surface area contributed by atoms with Gasteiger partial charge in [-0.05, 0) is 11.8 Å². The molecule has 0 rings (SSSR count). The highest BCUT2D eigenvalue weighted by Crippen LogP contribution is 2.19. The van der Waals surface area contributed by atoms with Gasteiger partial charge in [-0.3, -0.25) is 4.79 Å². The molecule has 2 nitrogen and oxygen atoms in total. The summed E-state index contributed by atoms with van der Waals surface area (Å²) < 4.78 is 5.23. The minimum atomic E-state index is -0.172. The van der Waals surface area contributed by atoms with Gasteiger partial charge in [0.05, 0.1) is 0 Å². The maximum atomic E-state index is 10.8. The second-order valence-electron chi connectivity index (χ2n) is 3.70. The van der Waals surface area contributed by atoms with E-state index < -0.39 is 0 Å². The largest absolute Gasteiger partial charge is 0.462 e. The Kier molecular flexibility index (Phi) is 4.95. The number of hydrogen-bond donors (Lipinski definition) is 0. The van der Waals surface area contributed by atoms with Crippen LogP contribution in [0.5, 0.6) is 0 Å². The Morgan fingerprint density at radius 2 is 1.83 bits per heavy atom. The topological polar surface area (TPSA) is 26.3 Å². The molecule has 0 spiro atoms. The molecule has 0 saturated heterocycles. The van der Waals surface area contributed by atoms with Gasteiger partial charge in [0.25, 0.3) is 0 Å². The number of ether oxygens (including phenoxy) is 1. The Morgan fingerprint density at radius 1 is 1.33 bits per heavy atom. The van der Waals surface area contributed by atoms with Gasteiger partial charge in [-0.15, -0.1) is 0 Å². The van der Waals surface area contributed by atoms with Gasteiger partial charge in [-0.1, -0.05) is 34.1 Å². The van der Waals surface area contributed by atoms with Gasteiger partial charge >= 0.3 is 5.97 Å². The smallest absolute Gasteiger partial charge is 0.302 e. The Hall–Kier alpha value is -0.530. The Bertz CT molecular complexity index is 141. The molecule has 2 heteroatoms. The number of carbonyl (C=O) groups is 1. The molecule has 0 aromatic rings. The van der Waals surface area contributed by atoms with Crippen LogP contribution in [0.15, 0.2) is 0 Å². The molecule has 0 aromatic carbocycles. The van der Waals surface area contributed by atoms with Crippen LogP contribution >= 0.6 is 0 Å². The lowest BCUT2D eigenvalue weighted by molar-refractivity contribution is -0.151. The fourth-order valence-electron chi connectivity index (χ4n) is 1.33. The highest BCUT2D eigenvalue weighted by Gasteiger charge is 2.21. The highest BCUT2D eigenvalue weighted by molar-refractivity contribution is 5.66. The first-order chi connectivity index (χ1) is 5.49. The fourth-order valence-corrected chi connectivity index (χ4v) is 1.33. The summed E-state index contributed by atoms with van der Waals surface area (Å²) in [4.78, 5) is 10.8. The van der Waals surface area contributed by atoms with E-state index in [0.717, 1.165) is 6.42 Å². The standard InChI is InChI=1S/C10H20O2/c1-6-8(4)10(7(2)3)12-9(5)11/h7-8,10H,6H2,1-5H3/t8?,10-/m0/s1. The van der Waals surface area contributed by atoms with E-state index in [0.29, 0.717) is 11.8 Å². The molecule has 0 saturated carbocycles. The highest BCUT2D eigenvalue weighted by atomic mass is 16.5. The van der Waals surface area contributed by atoms with Crippen molar-refractivity contribution in [2.75, 3.05) is 0 Å². The van der Waals surface area contributed by atoms with Crippen LogP contribution in [0.3, 0.4) is 0 Å². The number of carbonyl (C=O) groups excluding carboxylic acids is 1. The molecule has 0 radical (unpaired) electrons. The van der Waals surface area contributed by atoms with Gasteiger partial charge in [0.1, 0.15) is 6.10 Å². The van der Waals surface area contributed by atoms with Crippen LogP contribution < -0.4 is 0 Å². The van der Waals surface area contributed by atoms with Crippen LogP contribution in [0.4, 0.5) is 0 Å². The lowest BCUT2D eigenvalue weighted by atomic mass is 9.93. The van der Waals surface area contributed by atoms with Crippen molar-refractivity contribution in [1.29, 1.82) is 0 Å².